The van der Waals surface area contributed by atoms with Crippen molar-refractivity contribution in [1.29, 1.82) is 5.26 Å². The fourth-order valence-corrected chi connectivity index (χ4v) is 2.54. The van der Waals surface area contributed by atoms with E-state index in [-0.39, 0.29) is 18.3 Å². The molecule has 25 heavy (non-hydrogen) atoms. The van der Waals surface area contributed by atoms with Gasteiger partial charge in [0.25, 0.3) is 0 Å². The quantitative estimate of drug-likeness (QED) is 0.803. The highest BCUT2D eigenvalue weighted by atomic mass is 16.7. The molecule has 1 saturated heterocycles. The molecule has 2 aromatic rings. The van der Waals surface area contributed by atoms with Crippen molar-refractivity contribution in [2.45, 2.75) is 45.5 Å². The highest BCUT2D eigenvalue weighted by molar-refractivity contribution is 6.62. The van der Waals surface area contributed by atoms with E-state index < -0.39 is 0 Å². The predicted molar refractivity (Wildman–Crippen MR) is 97.6 cm³/mol. The van der Waals surface area contributed by atoms with Crippen LogP contribution in [0.3, 0.4) is 0 Å². The molecule has 128 valence electrons. The summed E-state index contributed by atoms with van der Waals surface area (Å²) in [4.78, 5) is 0. The van der Waals surface area contributed by atoms with Gasteiger partial charge in [-0.15, -0.1) is 0 Å². The monoisotopic (exact) mass is 335 g/mol. The molecule has 0 N–H and O–H groups in total. The number of nitrogens with zero attached hydrogens (tertiary/aromatic N) is 1. The lowest BCUT2D eigenvalue weighted by molar-refractivity contribution is 0.00578. The molecule has 0 saturated carbocycles. The van der Waals surface area contributed by atoms with Crippen LogP contribution in [0.25, 0.3) is 0 Å². The fraction of sp³-hybridized carbons (Fsp3) is 0.350. The standard InChI is InChI=1S/C20H22BNO3/c1-19(2)20(3,4)25-21(24-19)17-9-11-18(12-10-17)23-14-16-7-5-15(13-22)6-8-16/h5-12H,14H2,1-4H3. The van der Waals surface area contributed by atoms with Crippen LogP contribution in [0.4, 0.5) is 0 Å². The summed E-state index contributed by atoms with van der Waals surface area (Å²) < 4.78 is 17.9. The van der Waals surface area contributed by atoms with Crippen LogP contribution >= 0.6 is 0 Å². The first kappa shape index (κ1) is 17.5. The zero-order valence-electron chi connectivity index (χ0n) is 15.1. The molecule has 4 nitrogen and oxygen atoms in total. The van der Waals surface area contributed by atoms with Gasteiger partial charge in [-0.25, -0.2) is 0 Å². The number of hydrogen-bond donors (Lipinski definition) is 0. The van der Waals surface area contributed by atoms with E-state index in [1.165, 1.54) is 0 Å². The molecule has 0 unspecified atom stereocenters. The third kappa shape index (κ3) is 3.71. The summed E-state index contributed by atoms with van der Waals surface area (Å²) in [5.74, 6) is 0.782. The molecule has 0 radical (unpaired) electrons. The van der Waals surface area contributed by atoms with Crippen molar-refractivity contribution in [2.75, 3.05) is 0 Å². The lowest BCUT2D eigenvalue weighted by Crippen LogP contribution is -2.41. The largest absolute Gasteiger partial charge is 0.494 e. The maximum absolute atomic E-state index is 8.82. The van der Waals surface area contributed by atoms with Crippen LogP contribution in [-0.4, -0.2) is 18.3 Å². The van der Waals surface area contributed by atoms with Crippen LogP contribution in [0.2, 0.25) is 0 Å². The van der Waals surface area contributed by atoms with Gasteiger partial charge in [-0.05, 0) is 63.0 Å². The number of hydrogen-bond acceptors (Lipinski definition) is 4. The summed E-state index contributed by atoms with van der Waals surface area (Å²) in [6, 6.07) is 17.3. The Hall–Kier alpha value is -2.29. The summed E-state index contributed by atoms with van der Waals surface area (Å²) in [6.07, 6.45) is 0. The Labute approximate surface area is 149 Å². The van der Waals surface area contributed by atoms with E-state index in [0.717, 1.165) is 16.8 Å². The van der Waals surface area contributed by atoms with Gasteiger partial charge < -0.3 is 14.0 Å². The molecule has 1 heterocycles. The van der Waals surface area contributed by atoms with Crippen molar-refractivity contribution < 1.29 is 14.0 Å². The molecule has 0 bridgehead atoms. The number of ether oxygens (including phenoxy) is 1. The Balaban J connectivity index is 1.62. The fourth-order valence-electron chi connectivity index (χ4n) is 2.54. The molecule has 1 aliphatic heterocycles. The van der Waals surface area contributed by atoms with Gasteiger partial charge >= 0.3 is 7.12 Å². The summed E-state index contributed by atoms with van der Waals surface area (Å²) in [5.41, 5.74) is 1.96. The Morgan fingerprint density at radius 3 is 2.00 bits per heavy atom. The van der Waals surface area contributed by atoms with Gasteiger partial charge in [0.1, 0.15) is 12.4 Å². The van der Waals surface area contributed by atoms with Crippen molar-refractivity contribution in [3.63, 3.8) is 0 Å². The second-order valence-corrected chi connectivity index (χ2v) is 7.25. The smallest absolute Gasteiger partial charge is 0.489 e. The third-order valence-electron chi connectivity index (χ3n) is 4.89. The van der Waals surface area contributed by atoms with Crippen molar-refractivity contribution >= 4 is 12.6 Å². The zero-order chi connectivity index (χ0) is 18.1. The minimum Gasteiger partial charge on any atom is -0.489 e. The van der Waals surface area contributed by atoms with Crippen LogP contribution in [-0.2, 0) is 15.9 Å². The number of benzene rings is 2. The highest BCUT2D eigenvalue weighted by Gasteiger charge is 2.51. The summed E-state index contributed by atoms with van der Waals surface area (Å²) in [6.45, 7) is 8.63. The SMILES string of the molecule is CC1(C)OB(c2ccc(OCc3ccc(C#N)cc3)cc2)OC1(C)C. The first-order valence-corrected chi connectivity index (χ1v) is 8.38. The highest BCUT2D eigenvalue weighted by Crippen LogP contribution is 2.36. The molecule has 0 amide bonds. The van der Waals surface area contributed by atoms with E-state index in [1.54, 1.807) is 12.1 Å². The van der Waals surface area contributed by atoms with Crippen LogP contribution in [0.15, 0.2) is 48.5 Å². The average Bonchev–Trinajstić information content (AvgIpc) is 2.82. The first-order valence-electron chi connectivity index (χ1n) is 8.38. The van der Waals surface area contributed by atoms with Crippen molar-refractivity contribution in [2.24, 2.45) is 0 Å². The van der Waals surface area contributed by atoms with Crippen LogP contribution in [0.5, 0.6) is 5.75 Å². The normalized spacial score (nSPS) is 18.0. The Morgan fingerprint density at radius 2 is 1.48 bits per heavy atom. The van der Waals surface area contributed by atoms with Gasteiger partial charge in [-0.1, -0.05) is 24.3 Å². The van der Waals surface area contributed by atoms with E-state index in [2.05, 4.69) is 6.07 Å². The van der Waals surface area contributed by atoms with Crippen LogP contribution in [0, 0.1) is 11.3 Å². The lowest BCUT2D eigenvalue weighted by atomic mass is 9.79. The van der Waals surface area contributed by atoms with Crippen molar-refractivity contribution in [3.05, 3.63) is 59.7 Å². The molecule has 0 spiro atoms. The van der Waals surface area contributed by atoms with E-state index in [1.807, 2.05) is 64.1 Å². The Bertz CT molecular complexity index is 760. The second kappa shape index (κ2) is 6.55. The van der Waals surface area contributed by atoms with E-state index in [4.69, 9.17) is 19.3 Å². The van der Waals surface area contributed by atoms with Crippen molar-refractivity contribution in [3.8, 4) is 11.8 Å². The molecule has 3 rings (SSSR count). The second-order valence-electron chi connectivity index (χ2n) is 7.25. The summed E-state index contributed by atoms with van der Waals surface area (Å²) in [7, 11) is -0.363. The van der Waals surface area contributed by atoms with Gasteiger partial charge in [-0.3, -0.25) is 0 Å². The summed E-state index contributed by atoms with van der Waals surface area (Å²) in [5, 5.41) is 8.82. The number of nitriles is 1. The molecular formula is C20H22BNO3. The first-order chi connectivity index (χ1) is 11.8. The topological polar surface area (TPSA) is 51.5 Å². The van der Waals surface area contributed by atoms with E-state index in [9.17, 15) is 0 Å². The van der Waals surface area contributed by atoms with Crippen LogP contribution < -0.4 is 10.2 Å². The molecule has 0 aliphatic carbocycles. The third-order valence-corrected chi connectivity index (χ3v) is 4.89. The average molecular weight is 335 g/mol. The molecule has 2 aromatic carbocycles. The molecule has 1 fully saturated rings. The maximum Gasteiger partial charge on any atom is 0.494 e. The van der Waals surface area contributed by atoms with Gasteiger partial charge in [0.05, 0.1) is 22.8 Å². The lowest BCUT2D eigenvalue weighted by Gasteiger charge is -2.32. The summed E-state index contributed by atoms with van der Waals surface area (Å²) >= 11 is 0. The predicted octanol–water partition coefficient (Wildman–Crippen LogP) is 3.44. The Morgan fingerprint density at radius 1 is 0.920 bits per heavy atom. The number of rotatable bonds is 4. The molecule has 0 atom stereocenters. The Kier molecular flexibility index (Phi) is 4.59. The van der Waals surface area contributed by atoms with E-state index >= 15 is 0 Å². The van der Waals surface area contributed by atoms with Gasteiger partial charge in [0, 0.05) is 0 Å². The zero-order valence-corrected chi connectivity index (χ0v) is 15.1. The molecule has 5 heteroatoms. The van der Waals surface area contributed by atoms with Gasteiger partial charge in [0.2, 0.25) is 0 Å². The van der Waals surface area contributed by atoms with E-state index in [0.29, 0.717) is 12.2 Å². The molecule has 0 aromatic heterocycles. The van der Waals surface area contributed by atoms with Crippen LogP contribution in [0.1, 0.15) is 38.8 Å². The van der Waals surface area contributed by atoms with Gasteiger partial charge in [-0.2, -0.15) is 5.26 Å². The molecular weight excluding hydrogens is 313 g/mol. The van der Waals surface area contributed by atoms with Crippen molar-refractivity contribution in [1.82, 2.24) is 0 Å². The van der Waals surface area contributed by atoms with Gasteiger partial charge in [0.15, 0.2) is 0 Å². The maximum atomic E-state index is 8.82. The minimum absolute atomic E-state index is 0.345. The minimum atomic E-state index is -0.363. The molecule has 1 aliphatic rings.